The number of amides is 3. The van der Waals surface area contributed by atoms with Gasteiger partial charge in [0, 0.05) is 12.0 Å². The number of anilines is 2. The van der Waals surface area contributed by atoms with E-state index >= 15 is 0 Å². The number of methoxy groups -OCH3 is 2. The van der Waals surface area contributed by atoms with Crippen molar-refractivity contribution in [1.82, 2.24) is 5.32 Å². The number of aliphatic imine (C=N–C) groups is 1. The Balaban J connectivity index is 1.89. The number of alkyl carbamates (subject to hydrolysis) is 1. The summed E-state index contributed by atoms with van der Waals surface area (Å²) in [5.41, 5.74) is 0.769. The van der Waals surface area contributed by atoms with Crippen LogP contribution in [0.3, 0.4) is 0 Å². The minimum atomic E-state index is -0.936. The summed E-state index contributed by atoms with van der Waals surface area (Å²) < 4.78 is 15.0. The van der Waals surface area contributed by atoms with Crippen molar-refractivity contribution < 1.29 is 28.6 Å². The van der Waals surface area contributed by atoms with Crippen LogP contribution in [0.1, 0.15) is 25.7 Å². The fourth-order valence-electron chi connectivity index (χ4n) is 3.35. The Kier molecular flexibility index (Phi) is 8.23. The first-order chi connectivity index (χ1) is 16.0. The fourth-order valence-corrected chi connectivity index (χ4v) is 3.35. The second-order valence-corrected chi connectivity index (χ2v) is 7.27. The van der Waals surface area contributed by atoms with Crippen molar-refractivity contribution in [2.24, 2.45) is 10.9 Å². The zero-order valence-corrected chi connectivity index (χ0v) is 18.4. The van der Waals surface area contributed by atoms with Crippen molar-refractivity contribution >= 4 is 35.4 Å². The lowest BCUT2D eigenvalue weighted by Gasteiger charge is -2.18. The number of para-hydroxylation sites is 1. The number of ether oxygens (including phenoxy) is 3. The van der Waals surface area contributed by atoms with Crippen molar-refractivity contribution in [3.05, 3.63) is 48.5 Å². The summed E-state index contributed by atoms with van der Waals surface area (Å²) >= 11 is 0. The van der Waals surface area contributed by atoms with E-state index in [0.717, 1.165) is 32.8 Å². The third-order valence-electron chi connectivity index (χ3n) is 4.99. The topological polar surface area (TPSA) is 127 Å². The highest BCUT2D eigenvalue weighted by Gasteiger charge is 2.24. The number of nitrogens with one attached hydrogen (secondary N) is 3. The largest absolute Gasteiger partial charge is 0.457 e. The molecule has 0 radical (unpaired) electrons. The maximum absolute atomic E-state index is 12.8. The molecule has 3 amide bonds. The van der Waals surface area contributed by atoms with E-state index in [0.29, 0.717) is 22.9 Å². The Labute approximate surface area is 191 Å². The summed E-state index contributed by atoms with van der Waals surface area (Å²) in [6.45, 7) is 0. The zero-order valence-electron chi connectivity index (χ0n) is 18.4. The molecule has 0 heterocycles. The van der Waals surface area contributed by atoms with Crippen molar-refractivity contribution in [1.29, 1.82) is 0 Å². The second kappa shape index (κ2) is 11.5. The normalized spacial score (nSPS) is 13.7. The molecule has 0 bridgehead atoms. The van der Waals surface area contributed by atoms with E-state index in [1.54, 1.807) is 18.2 Å². The number of rotatable bonds is 5. The van der Waals surface area contributed by atoms with E-state index in [1.807, 2.05) is 30.3 Å². The first-order valence-electron chi connectivity index (χ1n) is 10.4. The second-order valence-electron chi connectivity index (χ2n) is 7.27. The number of carbonyl (C=O) groups is 3. The summed E-state index contributed by atoms with van der Waals surface area (Å²) in [6.07, 6.45) is 1.90. The molecule has 10 heteroatoms. The van der Waals surface area contributed by atoms with Gasteiger partial charge in [0.25, 0.3) is 0 Å². The molecule has 174 valence electrons. The third kappa shape index (κ3) is 6.96. The van der Waals surface area contributed by atoms with Crippen LogP contribution in [0.4, 0.5) is 21.0 Å². The average Bonchev–Trinajstić information content (AvgIpc) is 3.36. The number of hydrogen-bond donors (Lipinski definition) is 3. The van der Waals surface area contributed by atoms with Gasteiger partial charge in [0.2, 0.25) is 11.9 Å². The van der Waals surface area contributed by atoms with Gasteiger partial charge >= 0.3 is 12.2 Å². The predicted octanol–water partition coefficient (Wildman–Crippen LogP) is 4.50. The Morgan fingerprint density at radius 3 is 2.27 bits per heavy atom. The SMILES string of the molecule is COC(=O)N=C(NC(=O)OC)Nc1ccc(Oc2ccccc2)cc1NC(=O)C1CCCC1. The number of carbonyl (C=O) groups excluding carboxylic acids is 3. The maximum atomic E-state index is 12.8. The molecule has 2 aromatic carbocycles. The maximum Gasteiger partial charge on any atom is 0.436 e. The summed E-state index contributed by atoms with van der Waals surface area (Å²) in [5.74, 6) is 0.696. The summed E-state index contributed by atoms with van der Waals surface area (Å²) in [4.78, 5) is 39.8. The van der Waals surface area contributed by atoms with Crippen LogP contribution in [0.5, 0.6) is 11.5 Å². The first kappa shape index (κ1) is 23.6. The molecule has 0 aliphatic heterocycles. The van der Waals surface area contributed by atoms with Crippen molar-refractivity contribution in [3.63, 3.8) is 0 Å². The molecule has 1 fully saturated rings. The third-order valence-corrected chi connectivity index (χ3v) is 4.99. The van der Waals surface area contributed by atoms with E-state index in [9.17, 15) is 14.4 Å². The highest BCUT2D eigenvalue weighted by Crippen LogP contribution is 2.32. The fraction of sp³-hybridized carbons (Fsp3) is 0.304. The Bertz CT molecular complexity index is 1020. The molecular formula is C23H26N4O6. The Morgan fingerprint density at radius 2 is 1.61 bits per heavy atom. The van der Waals surface area contributed by atoms with Crippen LogP contribution >= 0.6 is 0 Å². The number of nitrogens with zero attached hydrogens (tertiary/aromatic N) is 1. The van der Waals surface area contributed by atoms with Crippen LogP contribution < -0.4 is 20.7 Å². The molecule has 0 unspecified atom stereocenters. The van der Waals surface area contributed by atoms with Crippen LogP contribution in [0.2, 0.25) is 0 Å². The first-order valence-corrected chi connectivity index (χ1v) is 10.4. The number of guanidine groups is 1. The molecule has 0 saturated heterocycles. The standard InChI is InChI=1S/C23H26N4O6/c1-31-22(29)26-21(27-23(30)32-2)25-18-13-12-17(33-16-10-4-3-5-11-16)14-19(18)24-20(28)15-8-6-7-9-15/h3-5,10-15H,6-9H2,1-2H3,(H,24,28)(H2,25,26,27,29,30). The van der Waals surface area contributed by atoms with Crippen LogP contribution in [0.25, 0.3) is 0 Å². The van der Waals surface area contributed by atoms with Gasteiger partial charge in [-0.25, -0.2) is 9.59 Å². The molecule has 0 atom stereocenters. The van der Waals surface area contributed by atoms with Gasteiger partial charge in [-0.15, -0.1) is 4.99 Å². The number of benzene rings is 2. The minimum absolute atomic E-state index is 0.0760. The molecule has 3 rings (SSSR count). The van der Waals surface area contributed by atoms with Crippen molar-refractivity contribution in [3.8, 4) is 11.5 Å². The van der Waals surface area contributed by atoms with Crippen LogP contribution in [-0.4, -0.2) is 38.3 Å². The van der Waals surface area contributed by atoms with E-state index < -0.39 is 12.2 Å². The van der Waals surface area contributed by atoms with Gasteiger partial charge in [-0.1, -0.05) is 31.0 Å². The summed E-state index contributed by atoms with van der Waals surface area (Å²) in [6, 6.07) is 14.2. The highest BCUT2D eigenvalue weighted by atomic mass is 16.5. The van der Waals surface area contributed by atoms with Gasteiger partial charge in [0.1, 0.15) is 11.5 Å². The molecule has 1 aliphatic rings. The van der Waals surface area contributed by atoms with Gasteiger partial charge < -0.3 is 24.8 Å². The molecule has 0 spiro atoms. The van der Waals surface area contributed by atoms with Gasteiger partial charge in [-0.05, 0) is 37.1 Å². The minimum Gasteiger partial charge on any atom is -0.457 e. The molecule has 10 nitrogen and oxygen atoms in total. The van der Waals surface area contributed by atoms with E-state index in [1.165, 1.54) is 7.11 Å². The molecule has 1 aliphatic carbocycles. The molecule has 33 heavy (non-hydrogen) atoms. The lowest BCUT2D eigenvalue weighted by molar-refractivity contribution is -0.119. The summed E-state index contributed by atoms with van der Waals surface area (Å²) in [5, 5.41) is 8.06. The average molecular weight is 454 g/mol. The van der Waals surface area contributed by atoms with Crippen LogP contribution in [0, 0.1) is 5.92 Å². The smallest absolute Gasteiger partial charge is 0.436 e. The summed E-state index contributed by atoms with van der Waals surface area (Å²) in [7, 11) is 2.33. The Hall–Kier alpha value is -4.08. The number of hydrogen-bond acceptors (Lipinski definition) is 6. The van der Waals surface area contributed by atoms with Crippen molar-refractivity contribution in [2.45, 2.75) is 25.7 Å². The van der Waals surface area contributed by atoms with Gasteiger partial charge in [-0.2, -0.15) is 0 Å². The molecule has 3 N–H and O–H groups in total. The molecular weight excluding hydrogens is 428 g/mol. The van der Waals surface area contributed by atoms with Crippen molar-refractivity contribution in [2.75, 3.05) is 24.9 Å². The molecule has 2 aromatic rings. The lowest BCUT2D eigenvalue weighted by Crippen LogP contribution is -2.37. The zero-order chi connectivity index (χ0) is 23.6. The Morgan fingerprint density at radius 1 is 0.879 bits per heavy atom. The monoisotopic (exact) mass is 454 g/mol. The van der Waals surface area contributed by atoms with Crippen LogP contribution in [0.15, 0.2) is 53.5 Å². The van der Waals surface area contributed by atoms with E-state index in [-0.39, 0.29) is 17.8 Å². The van der Waals surface area contributed by atoms with Gasteiger partial charge in [0.05, 0.1) is 25.6 Å². The van der Waals surface area contributed by atoms with E-state index in [2.05, 4.69) is 30.4 Å². The predicted molar refractivity (Wildman–Crippen MR) is 123 cm³/mol. The molecule has 1 saturated carbocycles. The van der Waals surface area contributed by atoms with Crippen LogP contribution in [-0.2, 0) is 14.3 Å². The quantitative estimate of drug-likeness (QED) is 0.448. The lowest BCUT2D eigenvalue weighted by atomic mass is 10.1. The molecule has 0 aromatic heterocycles. The van der Waals surface area contributed by atoms with E-state index in [4.69, 9.17) is 4.74 Å². The van der Waals surface area contributed by atoms with Gasteiger partial charge in [-0.3, -0.25) is 10.1 Å². The van der Waals surface area contributed by atoms with Gasteiger partial charge in [0.15, 0.2) is 0 Å². The highest BCUT2D eigenvalue weighted by molar-refractivity contribution is 6.08.